The maximum Gasteiger partial charge on any atom is 0.236 e. The summed E-state index contributed by atoms with van der Waals surface area (Å²) in [5.74, 6) is 0.962. The topological polar surface area (TPSA) is 6.48 Å². The van der Waals surface area contributed by atoms with E-state index in [1.54, 1.807) is 10.3 Å². The molecule has 10 rings (SSSR count). The van der Waals surface area contributed by atoms with Crippen LogP contribution in [0.2, 0.25) is 5.82 Å². The quantitative estimate of drug-likeness (QED) is 0.127. The standard InChI is InChI=1S/C55H63BN2S/c1-52(2,3)34-18-23-38(24-19-34)57-45-29-22-37(55(10,11)12)32-44(45)56-48-46(57)14-13-15-47(48)58(39-25-20-35(21-26-39)53(4,5)6)49-41-28-27-40-42-31-36(54(7,8)9)17-16-33(42)30-43(40)50(41)59-51(49)56/h13-20,22-28,31,35,44-45H,21,29-30,32H2,1-12H3. The Morgan fingerprint density at radius 3 is 2.07 bits per heavy atom. The van der Waals surface area contributed by atoms with Crippen LogP contribution >= 0.6 is 11.3 Å². The van der Waals surface area contributed by atoms with Crippen LogP contribution in [0.3, 0.4) is 0 Å². The second kappa shape index (κ2) is 13.1. The van der Waals surface area contributed by atoms with Crippen molar-refractivity contribution < 1.29 is 0 Å². The van der Waals surface area contributed by atoms with E-state index in [0.717, 1.165) is 25.7 Å². The lowest BCUT2D eigenvalue weighted by Gasteiger charge is -2.52. The first-order valence-corrected chi connectivity index (χ1v) is 23.2. The third kappa shape index (κ3) is 6.16. The molecule has 3 unspecified atom stereocenters. The average molecular weight is 795 g/mol. The molecule has 1 aromatic heterocycles. The highest BCUT2D eigenvalue weighted by Gasteiger charge is 2.52. The summed E-state index contributed by atoms with van der Waals surface area (Å²) in [5.41, 5.74) is 19.2. The van der Waals surface area contributed by atoms with Crippen molar-refractivity contribution in [3.05, 3.63) is 131 Å². The van der Waals surface area contributed by atoms with Crippen molar-refractivity contribution in [2.45, 2.75) is 131 Å². The Bertz CT molecular complexity index is 2620. The molecule has 3 heterocycles. The van der Waals surface area contributed by atoms with Crippen LogP contribution in [0.25, 0.3) is 21.2 Å². The zero-order chi connectivity index (χ0) is 41.6. The lowest BCUT2D eigenvalue weighted by Crippen LogP contribution is -2.62. The monoisotopic (exact) mass is 794 g/mol. The molecule has 5 aromatic rings. The highest BCUT2D eigenvalue weighted by molar-refractivity contribution is 7.32. The first-order chi connectivity index (χ1) is 27.8. The molecule has 0 N–H and O–H groups in total. The number of rotatable bonds is 2. The summed E-state index contributed by atoms with van der Waals surface area (Å²) in [6.07, 6.45) is 14.4. The number of fused-ring (bicyclic) bond motifs is 10. The molecular formula is C55H63BN2S. The zero-order valence-electron chi connectivity index (χ0n) is 37.7. The van der Waals surface area contributed by atoms with Gasteiger partial charge in [-0.2, -0.15) is 0 Å². The normalized spacial score (nSPS) is 21.2. The number of allylic oxidation sites excluding steroid dienone is 4. The second-order valence-electron chi connectivity index (χ2n) is 22.6. The van der Waals surface area contributed by atoms with E-state index in [1.807, 2.05) is 0 Å². The molecule has 4 aromatic carbocycles. The molecule has 0 amide bonds. The molecule has 302 valence electrons. The molecule has 4 heteroatoms. The van der Waals surface area contributed by atoms with E-state index in [-0.39, 0.29) is 21.7 Å². The average Bonchev–Trinajstić information content (AvgIpc) is 3.75. The first kappa shape index (κ1) is 38.9. The van der Waals surface area contributed by atoms with Gasteiger partial charge in [0.05, 0.1) is 5.69 Å². The van der Waals surface area contributed by atoms with E-state index in [2.05, 4.69) is 201 Å². The van der Waals surface area contributed by atoms with Crippen LogP contribution in [-0.4, -0.2) is 12.8 Å². The van der Waals surface area contributed by atoms with Crippen LogP contribution in [0, 0.1) is 16.7 Å². The summed E-state index contributed by atoms with van der Waals surface area (Å²) < 4.78 is 3.06. The molecule has 59 heavy (non-hydrogen) atoms. The smallest absolute Gasteiger partial charge is 0.236 e. The minimum absolute atomic E-state index is 0.108. The number of benzene rings is 4. The van der Waals surface area contributed by atoms with Gasteiger partial charge < -0.3 is 9.80 Å². The number of hydrogen-bond donors (Lipinski definition) is 0. The maximum atomic E-state index is 2.76. The highest BCUT2D eigenvalue weighted by atomic mass is 32.1. The zero-order valence-corrected chi connectivity index (χ0v) is 38.5. The molecule has 0 bridgehead atoms. The SMILES string of the molecule is CC(C)(C)C1=CCC2C(C1)B1c3sc4c5c(ccc4c3N(C3=CCC(C(C)(C)C)C=C3)c3cccc(c31)N2c1ccc(C(C)(C)C)cc1)-c1cc(C(C)(C)C)ccc1C5. The molecule has 3 aliphatic carbocycles. The molecule has 0 spiro atoms. The summed E-state index contributed by atoms with van der Waals surface area (Å²) >= 11 is 2.13. The predicted octanol–water partition coefficient (Wildman–Crippen LogP) is 14.3. The summed E-state index contributed by atoms with van der Waals surface area (Å²) in [6.45, 7) is 28.7. The van der Waals surface area contributed by atoms with Crippen LogP contribution in [0.1, 0.15) is 125 Å². The Kier molecular flexibility index (Phi) is 8.64. The fraction of sp³-hybridized carbons (Fsp3) is 0.418. The van der Waals surface area contributed by atoms with Crippen LogP contribution < -0.4 is 20.0 Å². The molecular weight excluding hydrogens is 731 g/mol. The largest absolute Gasteiger partial charge is 0.339 e. The van der Waals surface area contributed by atoms with Crippen molar-refractivity contribution in [1.82, 2.24) is 0 Å². The van der Waals surface area contributed by atoms with Crippen LogP contribution in [0.5, 0.6) is 0 Å². The van der Waals surface area contributed by atoms with Crippen molar-refractivity contribution in [2.75, 3.05) is 9.80 Å². The van der Waals surface area contributed by atoms with Crippen LogP contribution in [-0.2, 0) is 17.3 Å². The first-order valence-electron chi connectivity index (χ1n) is 22.4. The maximum absolute atomic E-state index is 2.76. The van der Waals surface area contributed by atoms with E-state index in [0.29, 0.717) is 24.5 Å². The molecule has 0 radical (unpaired) electrons. The van der Waals surface area contributed by atoms with Gasteiger partial charge in [0.15, 0.2) is 0 Å². The van der Waals surface area contributed by atoms with Gasteiger partial charge in [-0.1, -0.05) is 155 Å². The lowest BCUT2D eigenvalue weighted by molar-refractivity contribution is 0.293. The van der Waals surface area contributed by atoms with E-state index in [9.17, 15) is 0 Å². The number of anilines is 4. The summed E-state index contributed by atoms with van der Waals surface area (Å²) in [4.78, 5) is 5.47. The van der Waals surface area contributed by atoms with E-state index < -0.39 is 0 Å². The Labute approximate surface area is 359 Å². The van der Waals surface area contributed by atoms with Crippen molar-refractivity contribution in [2.24, 2.45) is 16.7 Å². The minimum atomic E-state index is 0.108. The van der Waals surface area contributed by atoms with Gasteiger partial charge in [-0.25, -0.2) is 0 Å². The number of thiophene rings is 1. The molecule has 0 saturated heterocycles. The fourth-order valence-electron chi connectivity index (χ4n) is 11.1. The number of hydrogen-bond acceptors (Lipinski definition) is 3. The Balaban J connectivity index is 1.22. The Hall–Kier alpha value is -4.28. The summed E-state index contributed by atoms with van der Waals surface area (Å²) in [6, 6.07) is 29.5. The summed E-state index contributed by atoms with van der Waals surface area (Å²) in [5, 5.41) is 1.43. The Morgan fingerprint density at radius 1 is 0.695 bits per heavy atom. The van der Waals surface area contributed by atoms with Gasteiger partial charge in [0.1, 0.15) is 0 Å². The Morgan fingerprint density at radius 2 is 1.41 bits per heavy atom. The van der Waals surface area contributed by atoms with Gasteiger partial charge in [0, 0.05) is 50.1 Å². The van der Waals surface area contributed by atoms with E-state index in [1.165, 1.54) is 77.4 Å². The molecule has 3 atom stereocenters. The van der Waals surface area contributed by atoms with Crippen molar-refractivity contribution in [1.29, 1.82) is 0 Å². The third-order valence-corrected chi connectivity index (χ3v) is 16.1. The van der Waals surface area contributed by atoms with Gasteiger partial charge in [-0.15, -0.1) is 11.3 Å². The van der Waals surface area contributed by atoms with Gasteiger partial charge >= 0.3 is 0 Å². The second-order valence-corrected chi connectivity index (χ2v) is 23.7. The van der Waals surface area contributed by atoms with E-state index >= 15 is 0 Å². The molecule has 2 nitrogen and oxygen atoms in total. The van der Waals surface area contributed by atoms with E-state index in [4.69, 9.17) is 0 Å². The summed E-state index contributed by atoms with van der Waals surface area (Å²) in [7, 11) is 0. The number of nitrogens with zero attached hydrogens (tertiary/aromatic N) is 2. The third-order valence-electron chi connectivity index (χ3n) is 14.7. The highest BCUT2D eigenvalue weighted by Crippen LogP contribution is 2.55. The van der Waals surface area contributed by atoms with Crippen molar-refractivity contribution >= 4 is 61.1 Å². The minimum Gasteiger partial charge on any atom is -0.339 e. The van der Waals surface area contributed by atoms with Gasteiger partial charge in [0.2, 0.25) is 6.71 Å². The van der Waals surface area contributed by atoms with Gasteiger partial charge in [0.25, 0.3) is 0 Å². The lowest BCUT2D eigenvalue weighted by atomic mass is 9.30. The molecule has 5 aliphatic rings. The molecule has 0 saturated carbocycles. The van der Waals surface area contributed by atoms with Crippen molar-refractivity contribution in [3.8, 4) is 11.1 Å². The van der Waals surface area contributed by atoms with Gasteiger partial charge in [-0.05, 0) is 122 Å². The van der Waals surface area contributed by atoms with Crippen LogP contribution in [0.4, 0.5) is 22.7 Å². The predicted molar refractivity (Wildman–Crippen MR) is 259 cm³/mol. The fourth-order valence-corrected chi connectivity index (χ4v) is 12.6. The molecule has 0 fully saturated rings. The molecule has 2 aliphatic heterocycles. The van der Waals surface area contributed by atoms with Gasteiger partial charge in [-0.3, -0.25) is 0 Å². The van der Waals surface area contributed by atoms with Crippen molar-refractivity contribution in [3.63, 3.8) is 0 Å². The van der Waals surface area contributed by atoms with Crippen LogP contribution in [0.15, 0.2) is 108 Å².